The highest BCUT2D eigenvalue weighted by molar-refractivity contribution is 7.88. The molecule has 1 aromatic rings. The van der Waals surface area contributed by atoms with Crippen molar-refractivity contribution in [1.82, 2.24) is 15.4 Å². The number of hydrogen-bond donors (Lipinski definition) is 3. The Labute approximate surface area is 145 Å². The van der Waals surface area contributed by atoms with Crippen LogP contribution in [0.25, 0.3) is 0 Å². The van der Waals surface area contributed by atoms with E-state index in [-0.39, 0.29) is 0 Å². The molecule has 1 aromatic carbocycles. The smallest absolute Gasteiger partial charge is 0.208 e. The summed E-state index contributed by atoms with van der Waals surface area (Å²) in [5.74, 6) is 1.54. The van der Waals surface area contributed by atoms with Gasteiger partial charge in [-0.05, 0) is 26.3 Å². The second-order valence-corrected chi connectivity index (χ2v) is 7.02. The summed E-state index contributed by atoms with van der Waals surface area (Å²) in [7, 11) is -3.13. The van der Waals surface area contributed by atoms with E-state index in [9.17, 15) is 8.42 Å². The summed E-state index contributed by atoms with van der Waals surface area (Å²) in [4.78, 5) is 4.55. The van der Waals surface area contributed by atoms with Crippen LogP contribution in [0.15, 0.2) is 29.3 Å². The summed E-state index contributed by atoms with van der Waals surface area (Å²) >= 11 is 0. The molecule has 0 atom stereocenters. The first kappa shape index (κ1) is 20.2. The van der Waals surface area contributed by atoms with Gasteiger partial charge >= 0.3 is 0 Å². The zero-order valence-corrected chi connectivity index (χ0v) is 15.4. The number of nitrogens with zero attached hydrogens (tertiary/aromatic N) is 1. The monoisotopic (exact) mass is 356 g/mol. The molecule has 0 spiro atoms. The molecule has 0 aliphatic carbocycles. The molecule has 0 aliphatic rings. The first-order chi connectivity index (χ1) is 11.5. The first-order valence-electron chi connectivity index (χ1n) is 8.13. The molecule has 0 radical (unpaired) electrons. The average molecular weight is 356 g/mol. The molecular formula is C16H28N4O3S. The summed E-state index contributed by atoms with van der Waals surface area (Å²) < 4.78 is 30.1. The molecule has 0 unspecified atom stereocenters. The van der Waals surface area contributed by atoms with Crippen molar-refractivity contribution < 1.29 is 13.2 Å². The van der Waals surface area contributed by atoms with E-state index in [2.05, 4.69) is 20.3 Å². The van der Waals surface area contributed by atoms with Gasteiger partial charge in [0.15, 0.2) is 5.96 Å². The van der Waals surface area contributed by atoms with Crippen LogP contribution in [0.3, 0.4) is 0 Å². The predicted octanol–water partition coefficient (Wildman–Crippen LogP) is 1.08. The zero-order chi connectivity index (χ0) is 17.8. The lowest BCUT2D eigenvalue weighted by Crippen LogP contribution is -2.38. The molecule has 136 valence electrons. The Hall–Kier alpha value is -1.80. The van der Waals surface area contributed by atoms with Crippen LogP contribution >= 0.6 is 0 Å². The molecular weight excluding hydrogens is 328 g/mol. The van der Waals surface area contributed by atoms with E-state index in [1.165, 1.54) is 0 Å². The summed E-state index contributed by atoms with van der Waals surface area (Å²) in [5.41, 5.74) is 1.02. The van der Waals surface area contributed by atoms with Crippen LogP contribution in [-0.4, -0.2) is 46.9 Å². The van der Waals surface area contributed by atoms with Crippen LogP contribution in [-0.2, 0) is 16.6 Å². The number of ether oxygens (including phenoxy) is 1. The Morgan fingerprint density at radius 3 is 2.58 bits per heavy atom. The Kier molecular flexibility index (Phi) is 9.18. The van der Waals surface area contributed by atoms with Crippen LogP contribution < -0.4 is 20.1 Å². The number of guanidine groups is 1. The normalized spacial score (nSPS) is 12.0. The molecule has 3 N–H and O–H groups in total. The van der Waals surface area contributed by atoms with Crippen LogP contribution in [0.1, 0.15) is 25.8 Å². The van der Waals surface area contributed by atoms with Gasteiger partial charge in [-0.2, -0.15) is 0 Å². The lowest BCUT2D eigenvalue weighted by molar-refractivity contribution is 0.336. The highest BCUT2D eigenvalue weighted by Gasteiger charge is 2.03. The Balaban J connectivity index is 2.53. The molecule has 0 saturated heterocycles. The van der Waals surface area contributed by atoms with Crippen LogP contribution in [0, 0.1) is 0 Å². The molecule has 0 bridgehead atoms. The van der Waals surface area contributed by atoms with E-state index < -0.39 is 10.0 Å². The standard InChI is InChI=1S/C16H28N4O3S/c1-4-17-16(18-11-8-12-20-24(3,21)22)19-13-14-9-6-7-10-15(14)23-5-2/h6-7,9-10,20H,4-5,8,11-13H2,1-3H3,(H2,17,18,19). The second kappa shape index (κ2) is 10.9. The van der Waals surface area contributed by atoms with Gasteiger partial charge in [0.1, 0.15) is 5.75 Å². The Morgan fingerprint density at radius 1 is 1.17 bits per heavy atom. The Morgan fingerprint density at radius 2 is 1.92 bits per heavy atom. The number of hydrogen-bond acceptors (Lipinski definition) is 4. The van der Waals surface area contributed by atoms with Gasteiger partial charge in [0, 0.05) is 25.2 Å². The SMILES string of the molecule is CCNC(=NCc1ccccc1OCC)NCCCNS(C)(=O)=O. The maximum absolute atomic E-state index is 11.0. The lowest BCUT2D eigenvalue weighted by atomic mass is 10.2. The zero-order valence-electron chi connectivity index (χ0n) is 14.6. The van der Waals surface area contributed by atoms with E-state index in [1.54, 1.807) is 0 Å². The van der Waals surface area contributed by atoms with Crippen molar-refractivity contribution in [2.24, 2.45) is 4.99 Å². The highest BCUT2D eigenvalue weighted by atomic mass is 32.2. The molecule has 0 heterocycles. The summed E-state index contributed by atoms with van der Waals surface area (Å²) in [6, 6.07) is 7.83. The molecule has 24 heavy (non-hydrogen) atoms. The predicted molar refractivity (Wildman–Crippen MR) is 97.9 cm³/mol. The molecule has 0 aliphatic heterocycles. The average Bonchev–Trinajstić information content (AvgIpc) is 2.52. The third-order valence-corrected chi connectivity index (χ3v) is 3.76. The number of benzene rings is 1. The molecule has 7 nitrogen and oxygen atoms in total. The minimum atomic E-state index is -3.13. The Bertz CT molecular complexity index is 618. The van der Waals surface area contributed by atoms with E-state index in [0.29, 0.717) is 38.6 Å². The second-order valence-electron chi connectivity index (χ2n) is 5.18. The van der Waals surface area contributed by atoms with E-state index >= 15 is 0 Å². The minimum Gasteiger partial charge on any atom is -0.494 e. The van der Waals surface area contributed by atoms with Gasteiger partial charge < -0.3 is 15.4 Å². The summed E-state index contributed by atoms with van der Waals surface area (Å²) in [5, 5.41) is 6.36. The van der Waals surface area contributed by atoms with E-state index in [0.717, 1.165) is 24.1 Å². The van der Waals surface area contributed by atoms with Gasteiger partial charge in [-0.15, -0.1) is 0 Å². The van der Waals surface area contributed by atoms with Gasteiger partial charge in [-0.25, -0.2) is 18.1 Å². The van der Waals surface area contributed by atoms with E-state index in [4.69, 9.17) is 4.74 Å². The van der Waals surface area contributed by atoms with Crippen LogP contribution in [0.5, 0.6) is 5.75 Å². The fourth-order valence-electron chi connectivity index (χ4n) is 1.99. The van der Waals surface area contributed by atoms with Crippen LogP contribution in [0.2, 0.25) is 0 Å². The fourth-order valence-corrected chi connectivity index (χ4v) is 2.50. The van der Waals surface area contributed by atoms with Crippen molar-refractivity contribution >= 4 is 16.0 Å². The molecule has 0 fully saturated rings. The van der Waals surface area contributed by atoms with E-state index in [1.807, 2.05) is 38.1 Å². The van der Waals surface area contributed by atoms with Crippen molar-refractivity contribution in [3.63, 3.8) is 0 Å². The number of para-hydroxylation sites is 1. The van der Waals surface area contributed by atoms with Gasteiger partial charge in [-0.1, -0.05) is 18.2 Å². The number of rotatable bonds is 10. The van der Waals surface area contributed by atoms with Crippen LogP contribution in [0.4, 0.5) is 0 Å². The third-order valence-electron chi connectivity index (χ3n) is 3.03. The summed E-state index contributed by atoms with van der Waals surface area (Å²) in [6.45, 7) is 6.85. The van der Waals surface area contributed by atoms with Gasteiger partial charge in [-0.3, -0.25) is 0 Å². The highest BCUT2D eigenvalue weighted by Crippen LogP contribution is 2.18. The minimum absolute atomic E-state index is 0.401. The number of nitrogens with one attached hydrogen (secondary N) is 3. The quantitative estimate of drug-likeness (QED) is 0.331. The molecule has 8 heteroatoms. The maximum Gasteiger partial charge on any atom is 0.208 e. The van der Waals surface area contributed by atoms with Gasteiger partial charge in [0.05, 0.1) is 19.4 Å². The van der Waals surface area contributed by atoms with Gasteiger partial charge in [0.25, 0.3) is 0 Å². The fraction of sp³-hybridized carbons (Fsp3) is 0.562. The van der Waals surface area contributed by atoms with Crippen molar-refractivity contribution in [1.29, 1.82) is 0 Å². The maximum atomic E-state index is 11.0. The van der Waals surface area contributed by atoms with Gasteiger partial charge in [0.2, 0.25) is 10.0 Å². The molecule has 0 amide bonds. The van der Waals surface area contributed by atoms with Crippen molar-refractivity contribution in [2.45, 2.75) is 26.8 Å². The number of sulfonamides is 1. The molecule has 0 saturated carbocycles. The third kappa shape index (κ3) is 8.73. The lowest BCUT2D eigenvalue weighted by Gasteiger charge is -2.12. The molecule has 1 rings (SSSR count). The number of aliphatic imine (C=N–C) groups is 1. The topological polar surface area (TPSA) is 91.8 Å². The largest absolute Gasteiger partial charge is 0.494 e. The summed E-state index contributed by atoms with van der Waals surface area (Å²) in [6.07, 6.45) is 1.83. The van der Waals surface area contributed by atoms with Crippen molar-refractivity contribution in [2.75, 3.05) is 32.5 Å². The first-order valence-corrected chi connectivity index (χ1v) is 10.0. The van der Waals surface area contributed by atoms with Crippen molar-refractivity contribution in [3.05, 3.63) is 29.8 Å². The molecule has 0 aromatic heterocycles. The van der Waals surface area contributed by atoms with Crippen molar-refractivity contribution in [3.8, 4) is 5.75 Å².